The minimum absolute atomic E-state index is 0.370. The van der Waals surface area contributed by atoms with Crippen molar-refractivity contribution in [3.8, 4) is 6.07 Å². The minimum Gasteiger partial charge on any atom is -0.397 e. The predicted octanol–water partition coefficient (Wildman–Crippen LogP) is 4.03. The van der Waals surface area contributed by atoms with Crippen molar-refractivity contribution in [1.82, 2.24) is 0 Å². The van der Waals surface area contributed by atoms with Gasteiger partial charge in [0.15, 0.2) is 13.9 Å². The lowest BCUT2D eigenvalue weighted by atomic mass is 9.76. The lowest BCUT2D eigenvalue weighted by Gasteiger charge is -2.39. The third-order valence-electron chi connectivity index (χ3n) is 3.24. The number of rotatable bonds is 3. The summed E-state index contributed by atoms with van der Waals surface area (Å²) in [6.07, 6.45) is 3.89. The van der Waals surface area contributed by atoms with Gasteiger partial charge in [-0.05, 0) is 57.8 Å². The fourth-order valence-corrected chi connectivity index (χ4v) is 3.59. The maximum absolute atomic E-state index is 9.55. The molecule has 0 N–H and O–H groups in total. The van der Waals surface area contributed by atoms with E-state index in [1.165, 1.54) is 0 Å². The molecule has 1 unspecified atom stereocenters. The third kappa shape index (κ3) is 3.30. The fourth-order valence-electron chi connectivity index (χ4n) is 2.25. The van der Waals surface area contributed by atoms with Crippen LogP contribution in [0.1, 0.15) is 26.7 Å². The molecule has 0 aromatic heterocycles. The van der Waals surface area contributed by atoms with Crippen LogP contribution in [0.3, 0.4) is 0 Å². The van der Waals surface area contributed by atoms with Gasteiger partial charge in [0.1, 0.15) is 6.07 Å². The first-order chi connectivity index (χ1) is 7.70. The summed E-state index contributed by atoms with van der Waals surface area (Å²) in [7, 11) is -1.74. The Morgan fingerprint density at radius 2 is 2.18 bits per heavy atom. The van der Waals surface area contributed by atoms with Gasteiger partial charge < -0.3 is 4.43 Å². The highest BCUT2D eigenvalue weighted by Gasteiger charge is 2.42. The molecule has 3 heteroatoms. The number of hydrogen-bond donors (Lipinski definition) is 0. The van der Waals surface area contributed by atoms with Gasteiger partial charge in [0, 0.05) is 0 Å². The molecule has 0 aliphatic heterocycles. The van der Waals surface area contributed by atoms with Crippen molar-refractivity contribution in [3.63, 3.8) is 0 Å². The van der Waals surface area contributed by atoms with Gasteiger partial charge in [-0.3, -0.25) is 0 Å². The Kier molecular flexibility index (Phi) is 4.01. The van der Waals surface area contributed by atoms with Gasteiger partial charge in [-0.15, -0.1) is 0 Å². The van der Waals surface area contributed by atoms with E-state index in [9.17, 15) is 5.26 Å². The average molecular weight is 249 g/mol. The molecule has 1 aliphatic carbocycles. The summed E-state index contributed by atoms with van der Waals surface area (Å²) >= 11 is 0. The monoisotopic (exact) mass is 249 g/mol. The van der Waals surface area contributed by atoms with Crippen molar-refractivity contribution in [2.24, 2.45) is 5.92 Å². The van der Waals surface area contributed by atoms with E-state index in [-0.39, 0.29) is 0 Å². The summed E-state index contributed by atoms with van der Waals surface area (Å²) in [6.45, 7) is 14.5. The Morgan fingerprint density at radius 1 is 1.59 bits per heavy atom. The summed E-state index contributed by atoms with van der Waals surface area (Å²) in [5, 5.41) is 9.55. The largest absolute Gasteiger partial charge is 0.397 e. The predicted molar refractivity (Wildman–Crippen MR) is 74.1 cm³/mol. The van der Waals surface area contributed by atoms with E-state index in [1.54, 1.807) is 0 Å². The molecule has 17 heavy (non-hydrogen) atoms. The molecule has 0 aromatic carbocycles. The molecule has 0 saturated carbocycles. The van der Waals surface area contributed by atoms with Crippen LogP contribution in [0.4, 0.5) is 0 Å². The molecule has 0 heterocycles. The molecular weight excluding hydrogens is 226 g/mol. The standard InChI is InChI=1S/C14H23NOSi/c1-11(2)13-8-7-12(3)14(9-13,10-15)16-17(4,5)6/h7,13H,1,8-9H2,2-6H3/t13-,14?/m1/s1. The summed E-state index contributed by atoms with van der Waals surface area (Å²) in [4.78, 5) is 0. The quantitative estimate of drug-likeness (QED) is 0.559. The second-order valence-corrected chi connectivity index (χ2v) is 10.5. The van der Waals surface area contributed by atoms with E-state index in [1.807, 2.05) is 13.8 Å². The van der Waals surface area contributed by atoms with Gasteiger partial charge in [0.2, 0.25) is 0 Å². The Balaban J connectivity index is 3.05. The van der Waals surface area contributed by atoms with Gasteiger partial charge in [-0.1, -0.05) is 18.2 Å². The van der Waals surface area contributed by atoms with E-state index in [4.69, 9.17) is 4.43 Å². The van der Waals surface area contributed by atoms with Crippen LogP contribution < -0.4 is 0 Å². The summed E-state index contributed by atoms with van der Waals surface area (Å²) in [5.41, 5.74) is 1.50. The van der Waals surface area contributed by atoms with E-state index < -0.39 is 13.9 Å². The summed E-state index contributed by atoms with van der Waals surface area (Å²) in [5.74, 6) is 0.370. The van der Waals surface area contributed by atoms with E-state index in [2.05, 4.69) is 38.4 Å². The van der Waals surface area contributed by atoms with Gasteiger partial charge in [-0.2, -0.15) is 5.26 Å². The fraction of sp³-hybridized carbons (Fsp3) is 0.643. The van der Waals surface area contributed by atoms with Crippen LogP contribution in [0.2, 0.25) is 19.6 Å². The maximum atomic E-state index is 9.55. The smallest absolute Gasteiger partial charge is 0.186 e. The number of nitrogens with zero attached hydrogens (tertiary/aromatic N) is 1. The first-order valence-electron chi connectivity index (χ1n) is 6.14. The van der Waals surface area contributed by atoms with E-state index in [0.29, 0.717) is 5.92 Å². The van der Waals surface area contributed by atoms with Gasteiger partial charge >= 0.3 is 0 Å². The lowest BCUT2D eigenvalue weighted by Crippen LogP contribution is -2.45. The van der Waals surface area contributed by atoms with Crippen LogP contribution in [0.25, 0.3) is 0 Å². The molecule has 0 spiro atoms. The first kappa shape index (κ1) is 14.2. The Morgan fingerprint density at radius 3 is 2.59 bits per heavy atom. The van der Waals surface area contributed by atoms with Crippen LogP contribution in [-0.4, -0.2) is 13.9 Å². The van der Waals surface area contributed by atoms with Crippen molar-refractivity contribution >= 4 is 8.32 Å². The first-order valence-corrected chi connectivity index (χ1v) is 9.55. The lowest BCUT2D eigenvalue weighted by molar-refractivity contribution is 0.124. The van der Waals surface area contributed by atoms with Gasteiger partial charge in [0.25, 0.3) is 0 Å². The topological polar surface area (TPSA) is 33.0 Å². The van der Waals surface area contributed by atoms with Crippen LogP contribution >= 0.6 is 0 Å². The van der Waals surface area contributed by atoms with E-state index in [0.717, 1.165) is 24.0 Å². The third-order valence-corrected chi connectivity index (χ3v) is 4.20. The Bertz CT molecular complexity index is 386. The van der Waals surface area contributed by atoms with Crippen LogP contribution in [0, 0.1) is 17.2 Å². The molecule has 1 aliphatic rings. The molecule has 0 fully saturated rings. The van der Waals surface area contributed by atoms with Crippen molar-refractivity contribution in [3.05, 3.63) is 23.8 Å². The van der Waals surface area contributed by atoms with Crippen LogP contribution in [-0.2, 0) is 4.43 Å². The molecule has 94 valence electrons. The highest BCUT2D eigenvalue weighted by Crippen LogP contribution is 2.39. The van der Waals surface area contributed by atoms with E-state index >= 15 is 0 Å². The zero-order valence-corrected chi connectivity index (χ0v) is 12.6. The summed E-state index contributed by atoms with van der Waals surface area (Å²) < 4.78 is 6.18. The molecule has 2 nitrogen and oxygen atoms in total. The van der Waals surface area contributed by atoms with Crippen LogP contribution in [0.5, 0.6) is 0 Å². The Labute approximate surface area is 106 Å². The molecule has 0 amide bonds. The van der Waals surface area contributed by atoms with Gasteiger partial charge in [-0.25, -0.2) is 0 Å². The maximum Gasteiger partial charge on any atom is 0.186 e. The zero-order valence-electron chi connectivity index (χ0n) is 11.6. The van der Waals surface area contributed by atoms with Gasteiger partial charge in [0.05, 0.1) is 0 Å². The number of allylic oxidation sites excluding steroid dienone is 2. The van der Waals surface area contributed by atoms with Crippen molar-refractivity contribution in [2.45, 2.75) is 51.9 Å². The second kappa shape index (κ2) is 4.79. The van der Waals surface area contributed by atoms with Crippen molar-refractivity contribution in [2.75, 3.05) is 0 Å². The SMILES string of the molecule is C=C(C)[C@@H]1CC=C(C)C(C#N)(O[Si](C)(C)C)C1. The molecule has 0 bridgehead atoms. The van der Waals surface area contributed by atoms with Crippen molar-refractivity contribution in [1.29, 1.82) is 5.26 Å². The highest BCUT2D eigenvalue weighted by molar-refractivity contribution is 6.69. The zero-order chi connectivity index (χ0) is 13.3. The number of hydrogen-bond acceptors (Lipinski definition) is 2. The average Bonchev–Trinajstić information content (AvgIpc) is 2.19. The minimum atomic E-state index is -1.74. The highest BCUT2D eigenvalue weighted by atomic mass is 28.4. The molecule has 2 atom stereocenters. The van der Waals surface area contributed by atoms with Crippen LogP contribution in [0.15, 0.2) is 23.8 Å². The Hall–Kier alpha value is -0.853. The molecule has 0 radical (unpaired) electrons. The molecule has 1 rings (SSSR count). The second-order valence-electron chi connectivity index (χ2n) is 6.02. The molecule has 0 aromatic rings. The van der Waals surface area contributed by atoms with Crippen molar-refractivity contribution < 1.29 is 4.43 Å². The summed E-state index contributed by atoms with van der Waals surface area (Å²) in [6, 6.07) is 2.41. The number of nitriles is 1. The normalized spacial score (nSPS) is 29.4. The molecule has 0 saturated heterocycles. The molecular formula is C14H23NOSi.